The summed E-state index contributed by atoms with van der Waals surface area (Å²) < 4.78 is 0. The quantitative estimate of drug-likeness (QED) is 0.592. The van der Waals surface area contributed by atoms with Gasteiger partial charge in [0.15, 0.2) is 5.96 Å². The second-order valence-corrected chi connectivity index (χ2v) is 7.56. The maximum Gasteiger partial charge on any atom is 0.193 e. The number of nitrogens with two attached hydrogens (primary N) is 1. The highest BCUT2D eigenvalue weighted by Crippen LogP contribution is 2.41. The molecule has 1 aliphatic carbocycles. The number of para-hydroxylation sites is 1. The summed E-state index contributed by atoms with van der Waals surface area (Å²) in [5.74, 6) is 1.04. The molecule has 4 N–H and O–H groups in total. The van der Waals surface area contributed by atoms with Crippen LogP contribution in [-0.4, -0.2) is 23.2 Å². The van der Waals surface area contributed by atoms with Gasteiger partial charge in [0.1, 0.15) is 0 Å². The molecular formula is C18H29N3O. The van der Waals surface area contributed by atoms with Gasteiger partial charge in [0.25, 0.3) is 0 Å². The summed E-state index contributed by atoms with van der Waals surface area (Å²) in [5, 5.41) is 13.7. The van der Waals surface area contributed by atoms with Crippen LogP contribution in [0, 0.1) is 11.3 Å². The van der Waals surface area contributed by atoms with Crippen molar-refractivity contribution in [3.63, 3.8) is 0 Å². The molecule has 0 saturated heterocycles. The SMILES string of the molecule is CC(C)(C)C1CCC(O)(CN=C(N)Nc2ccccc2)CC1. The van der Waals surface area contributed by atoms with E-state index in [2.05, 4.69) is 31.1 Å². The van der Waals surface area contributed by atoms with E-state index >= 15 is 0 Å². The molecular weight excluding hydrogens is 274 g/mol. The molecule has 1 fully saturated rings. The monoisotopic (exact) mass is 303 g/mol. The molecule has 1 aromatic rings. The van der Waals surface area contributed by atoms with Crippen molar-refractivity contribution in [2.24, 2.45) is 22.1 Å². The number of rotatable bonds is 3. The number of aliphatic imine (C=N–C) groups is 1. The molecule has 4 heteroatoms. The van der Waals surface area contributed by atoms with Crippen LogP contribution in [0.1, 0.15) is 46.5 Å². The van der Waals surface area contributed by atoms with Crippen LogP contribution in [0.25, 0.3) is 0 Å². The first-order valence-corrected chi connectivity index (χ1v) is 8.13. The molecule has 0 heterocycles. The lowest BCUT2D eigenvalue weighted by Gasteiger charge is -2.40. The summed E-state index contributed by atoms with van der Waals surface area (Å²) in [4.78, 5) is 4.34. The summed E-state index contributed by atoms with van der Waals surface area (Å²) in [6, 6.07) is 9.71. The molecule has 1 aromatic carbocycles. The maximum atomic E-state index is 10.7. The molecule has 2 rings (SSSR count). The zero-order valence-corrected chi connectivity index (χ0v) is 14.0. The molecule has 0 radical (unpaired) electrons. The Morgan fingerprint density at radius 3 is 2.41 bits per heavy atom. The standard InChI is InChI=1S/C18H29N3O/c1-17(2,3)14-9-11-18(22,12-10-14)13-20-16(19)21-15-7-5-4-6-8-15/h4-8,14,22H,9-13H2,1-3H3,(H3,19,20,21). The van der Waals surface area contributed by atoms with Crippen LogP contribution < -0.4 is 11.1 Å². The smallest absolute Gasteiger partial charge is 0.193 e. The van der Waals surface area contributed by atoms with Crippen LogP contribution in [0.4, 0.5) is 5.69 Å². The van der Waals surface area contributed by atoms with E-state index in [-0.39, 0.29) is 0 Å². The number of anilines is 1. The maximum absolute atomic E-state index is 10.7. The Kier molecular flexibility index (Phi) is 5.12. The van der Waals surface area contributed by atoms with Gasteiger partial charge in [0.05, 0.1) is 12.1 Å². The third kappa shape index (κ3) is 4.73. The predicted molar refractivity (Wildman–Crippen MR) is 92.9 cm³/mol. The Morgan fingerprint density at radius 2 is 1.86 bits per heavy atom. The van der Waals surface area contributed by atoms with E-state index in [1.54, 1.807) is 0 Å². The summed E-state index contributed by atoms with van der Waals surface area (Å²) in [6.45, 7) is 7.21. The van der Waals surface area contributed by atoms with Gasteiger partial charge in [-0.25, -0.2) is 0 Å². The van der Waals surface area contributed by atoms with Gasteiger partial charge in [0, 0.05) is 5.69 Å². The van der Waals surface area contributed by atoms with Crippen LogP contribution in [0.5, 0.6) is 0 Å². The zero-order valence-electron chi connectivity index (χ0n) is 14.0. The molecule has 122 valence electrons. The molecule has 0 aromatic heterocycles. The van der Waals surface area contributed by atoms with Crippen molar-refractivity contribution in [1.82, 2.24) is 0 Å². The topological polar surface area (TPSA) is 70.6 Å². The van der Waals surface area contributed by atoms with Crippen molar-refractivity contribution in [3.8, 4) is 0 Å². The van der Waals surface area contributed by atoms with E-state index in [0.717, 1.165) is 31.4 Å². The molecule has 0 unspecified atom stereocenters. The second kappa shape index (κ2) is 6.69. The van der Waals surface area contributed by atoms with Crippen LogP contribution in [0.3, 0.4) is 0 Å². The Labute approximate surface area is 133 Å². The van der Waals surface area contributed by atoms with E-state index in [9.17, 15) is 5.11 Å². The van der Waals surface area contributed by atoms with Gasteiger partial charge in [-0.3, -0.25) is 4.99 Å². The van der Waals surface area contributed by atoms with Crippen molar-refractivity contribution in [2.45, 2.75) is 52.1 Å². The molecule has 0 amide bonds. The highest BCUT2D eigenvalue weighted by molar-refractivity contribution is 5.92. The van der Waals surface area contributed by atoms with Crippen LogP contribution in [0.15, 0.2) is 35.3 Å². The van der Waals surface area contributed by atoms with Crippen LogP contribution >= 0.6 is 0 Å². The first-order chi connectivity index (χ1) is 10.3. The minimum Gasteiger partial charge on any atom is -0.388 e. The van der Waals surface area contributed by atoms with E-state index in [4.69, 9.17) is 5.73 Å². The average molecular weight is 303 g/mol. The van der Waals surface area contributed by atoms with Crippen molar-refractivity contribution in [2.75, 3.05) is 11.9 Å². The Morgan fingerprint density at radius 1 is 1.27 bits per heavy atom. The third-order valence-corrected chi connectivity index (χ3v) is 4.73. The van der Waals surface area contributed by atoms with Crippen molar-refractivity contribution in [1.29, 1.82) is 0 Å². The number of nitrogens with zero attached hydrogens (tertiary/aromatic N) is 1. The minimum atomic E-state index is -0.704. The number of hydrogen-bond donors (Lipinski definition) is 3. The fourth-order valence-corrected chi connectivity index (χ4v) is 3.12. The first-order valence-electron chi connectivity index (χ1n) is 8.13. The molecule has 0 aliphatic heterocycles. The second-order valence-electron chi connectivity index (χ2n) is 7.56. The Bertz CT molecular complexity index is 497. The summed E-state index contributed by atoms with van der Waals surface area (Å²) >= 11 is 0. The van der Waals surface area contributed by atoms with E-state index in [0.29, 0.717) is 23.8 Å². The number of benzene rings is 1. The van der Waals surface area contributed by atoms with Crippen molar-refractivity contribution in [3.05, 3.63) is 30.3 Å². The highest BCUT2D eigenvalue weighted by Gasteiger charge is 2.37. The van der Waals surface area contributed by atoms with Crippen molar-refractivity contribution < 1.29 is 5.11 Å². The lowest BCUT2D eigenvalue weighted by atomic mass is 9.68. The summed E-state index contributed by atoms with van der Waals surface area (Å²) in [6.07, 6.45) is 3.72. The molecule has 22 heavy (non-hydrogen) atoms. The number of nitrogens with one attached hydrogen (secondary N) is 1. The number of hydrogen-bond acceptors (Lipinski definition) is 2. The van der Waals surface area contributed by atoms with Gasteiger partial charge in [-0.15, -0.1) is 0 Å². The van der Waals surface area contributed by atoms with Gasteiger partial charge >= 0.3 is 0 Å². The molecule has 0 bridgehead atoms. The Hall–Kier alpha value is -1.55. The average Bonchev–Trinajstić information content (AvgIpc) is 2.46. The fourth-order valence-electron chi connectivity index (χ4n) is 3.12. The van der Waals surface area contributed by atoms with E-state index in [1.165, 1.54) is 0 Å². The van der Waals surface area contributed by atoms with E-state index in [1.807, 2.05) is 30.3 Å². The third-order valence-electron chi connectivity index (χ3n) is 4.73. The largest absolute Gasteiger partial charge is 0.388 e. The van der Waals surface area contributed by atoms with Gasteiger partial charge in [0.2, 0.25) is 0 Å². The summed E-state index contributed by atoms with van der Waals surface area (Å²) in [7, 11) is 0. The number of guanidine groups is 1. The highest BCUT2D eigenvalue weighted by atomic mass is 16.3. The van der Waals surface area contributed by atoms with Crippen molar-refractivity contribution >= 4 is 11.6 Å². The molecule has 0 spiro atoms. The van der Waals surface area contributed by atoms with Gasteiger partial charge in [-0.05, 0) is 49.1 Å². The zero-order chi connectivity index (χ0) is 16.2. The molecule has 4 nitrogen and oxygen atoms in total. The molecule has 0 atom stereocenters. The first kappa shape index (κ1) is 16.8. The summed E-state index contributed by atoms with van der Waals surface area (Å²) in [5.41, 5.74) is 6.43. The fraction of sp³-hybridized carbons (Fsp3) is 0.611. The number of aliphatic hydroxyl groups is 1. The normalized spacial score (nSPS) is 26.7. The predicted octanol–water partition coefficient (Wildman–Crippen LogP) is 3.38. The minimum absolute atomic E-state index is 0.318. The molecule has 1 saturated carbocycles. The lowest BCUT2D eigenvalue weighted by molar-refractivity contribution is -0.0171. The van der Waals surface area contributed by atoms with Gasteiger partial charge in [-0.2, -0.15) is 0 Å². The Balaban J connectivity index is 1.87. The van der Waals surface area contributed by atoms with Crippen LogP contribution in [-0.2, 0) is 0 Å². The lowest BCUT2D eigenvalue weighted by Crippen LogP contribution is -2.40. The van der Waals surface area contributed by atoms with Crippen LogP contribution in [0.2, 0.25) is 0 Å². The van der Waals surface area contributed by atoms with Gasteiger partial charge < -0.3 is 16.2 Å². The van der Waals surface area contributed by atoms with E-state index < -0.39 is 5.60 Å². The van der Waals surface area contributed by atoms with Gasteiger partial charge in [-0.1, -0.05) is 39.0 Å². The molecule has 1 aliphatic rings.